The van der Waals surface area contributed by atoms with Crippen molar-refractivity contribution < 1.29 is 14.3 Å². The summed E-state index contributed by atoms with van der Waals surface area (Å²) < 4.78 is 14.9. The minimum Gasteiger partial charge on any atom is -0.440 e. The van der Waals surface area contributed by atoms with Crippen LogP contribution >= 0.6 is 0 Å². The van der Waals surface area contributed by atoms with Crippen molar-refractivity contribution in [3.8, 4) is 17.3 Å². The molecule has 6 heteroatoms. The Balaban J connectivity index is 1.53. The number of nitrogens with zero attached hydrogens (tertiary/aromatic N) is 3. The Hall–Kier alpha value is -4.06. The summed E-state index contributed by atoms with van der Waals surface area (Å²) >= 11 is 0. The largest absolute Gasteiger partial charge is 0.440 e. The van der Waals surface area contributed by atoms with Gasteiger partial charge in [0.2, 0.25) is 5.88 Å². The zero-order chi connectivity index (χ0) is 26.3. The predicted molar refractivity (Wildman–Crippen MR) is 149 cm³/mol. The average Bonchev–Trinajstić information content (AvgIpc) is 3.43. The van der Waals surface area contributed by atoms with Gasteiger partial charge in [0.25, 0.3) is 0 Å². The minimum absolute atomic E-state index is 0.332. The highest BCUT2D eigenvalue weighted by Crippen LogP contribution is 2.57. The zero-order valence-corrected chi connectivity index (χ0v) is 22.2. The molecule has 0 amide bonds. The molecule has 3 aromatic carbocycles. The van der Waals surface area contributed by atoms with Crippen LogP contribution in [0.25, 0.3) is 5.69 Å². The summed E-state index contributed by atoms with van der Waals surface area (Å²) in [6.07, 6.45) is 4.85. The lowest BCUT2D eigenvalue weighted by molar-refractivity contribution is 0.0221. The highest BCUT2D eigenvalue weighted by molar-refractivity contribution is 5.97. The molecule has 0 bridgehead atoms. The molecule has 194 valence electrons. The predicted octanol–water partition coefficient (Wildman–Crippen LogP) is 7.16. The van der Waals surface area contributed by atoms with Crippen molar-refractivity contribution >= 4 is 11.7 Å². The van der Waals surface area contributed by atoms with E-state index in [-0.39, 0.29) is 5.97 Å². The summed E-state index contributed by atoms with van der Waals surface area (Å²) in [6.45, 7) is 8.26. The number of unbranched alkanes of at least 4 members (excludes halogenated alkanes) is 3. The summed E-state index contributed by atoms with van der Waals surface area (Å²) in [7, 11) is 0. The van der Waals surface area contributed by atoms with Crippen molar-refractivity contribution in [1.29, 1.82) is 0 Å². The number of ether oxygens (including phenoxy) is 2. The lowest BCUT2D eigenvalue weighted by Gasteiger charge is -2.36. The van der Waals surface area contributed by atoms with Crippen molar-refractivity contribution in [3.63, 3.8) is 0 Å². The van der Waals surface area contributed by atoms with E-state index in [0.29, 0.717) is 17.2 Å². The molecule has 0 N–H and O–H groups in total. The van der Waals surface area contributed by atoms with Gasteiger partial charge in [-0.25, -0.2) is 9.48 Å². The molecule has 6 nitrogen and oxygen atoms in total. The normalized spacial score (nSPS) is 17.0. The van der Waals surface area contributed by atoms with E-state index in [4.69, 9.17) is 14.6 Å². The number of aromatic nitrogens is 2. The maximum Gasteiger partial charge on any atom is 0.340 e. The molecule has 2 aliphatic heterocycles. The van der Waals surface area contributed by atoms with Gasteiger partial charge in [0.05, 0.1) is 22.5 Å². The molecular weight excluding hydrogens is 474 g/mol. The molecule has 1 aromatic heterocycles. The van der Waals surface area contributed by atoms with Gasteiger partial charge in [0.15, 0.2) is 5.60 Å². The first-order valence-electron chi connectivity index (χ1n) is 13.6. The van der Waals surface area contributed by atoms with Crippen molar-refractivity contribution in [1.82, 2.24) is 9.78 Å². The lowest BCUT2D eigenvalue weighted by atomic mass is 9.78. The molecule has 0 fully saturated rings. The fraction of sp³-hybridized carbons (Fsp3) is 0.312. The van der Waals surface area contributed by atoms with Gasteiger partial charge in [0, 0.05) is 36.0 Å². The fourth-order valence-electron chi connectivity index (χ4n) is 5.87. The number of carbonyl (C=O) groups is 1. The van der Waals surface area contributed by atoms with Gasteiger partial charge in [-0.2, -0.15) is 5.10 Å². The molecule has 6 rings (SSSR count). The number of rotatable bonds is 8. The quantitative estimate of drug-likeness (QED) is 0.187. The van der Waals surface area contributed by atoms with Gasteiger partial charge < -0.3 is 14.4 Å². The number of hydrogen-bond acceptors (Lipinski definition) is 5. The van der Waals surface area contributed by atoms with E-state index >= 15 is 0 Å². The second-order valence-electron chi connectivity index (χ2n) is 10.1. The van der Waals surface area contributed by atoms with Crippen LogP contribution in [0.5, 0.6) is 11.6 Å². The van der Waals surface area contributed by atoms with Crippen LogP contribution < -0.4 is 9.64 Å². The van der Waals surface area contributed by atoms with Crippen LogP contribution in [0.15, 0.2) is 72.8 Å². The number of fused-ring (bicyclic) bond motifs is 6. The monoisotopic (exact) mass is 507 g/mol. The Bertz CT molecular complexity index is 1490. The molecular formula is C32H33N3O3. The number of benzene rings is 3. The first-order chi connectivity index (χ1) is 18.6. The lowest BCUT2D eigenvalue weighted by Crippen LogP contribution is -2.34. The zero-order valence-electron chi connectivity index (χ0n) is 22.2. The number of aryl methyl sites for hydroxylation is 1. The second kappa shape index (κ2) is 9.67. The first kappa shape index (κ1) is 24.3. The van der Waals surface area contributed by atoms with Gasteiger partial charge in [-0.1, -0.05) is 62.6 Å². The van der Waals surface area contributed by atoms with E-state index < -0.39 is 5.60 Å². The van der Waals surface area contributed by atoms with Crippen LogP contribution in [0, 0.1) is 6.92 Å². The second-order valence-corrected chi connectivity index (χ2v) is 10.1. The Morgan fingerprint density at radius 1 is 0.921 bits per heavy atom. The van der Waals surface area contributed by atoms with Crippen LogP contribution in [-0.4, -0.2) is 28.8 Å². The highest BCUT2D eigenvalue weighted by atomic mass is 16.6. The summed E-state index contributed by atoms with van der Waals surface area (Å²) in [5.74, 6) is 0.930. The molecule has 0 saturated heterocycles. The fourth-order valence-corrected chi connectivity index (χ4v) is 5.87. The maximum atomic E-state index is 13.2. The Morgan fingerprint density at radius 3 is 2.50 bits per heavy atom. The summed E-state index contributed by atoms with van der Waals surface area (Å²) in [6, 6.07) is 23.9. The van der Waals surface area contributed by atoms with Crippen molar-refractivity contribution in [2.24, 2.45) is 0 Å². The van der Waals surface area contributed by atoms with Crippen LogP contribution in [0.4, 0.5) is 5.69 Å². The van der Waals surface area contributed by atoms with Gasteiger partial charge in [-0.15, -0.1) is 0 Å². The maximum absolute atomic E-state index is 13.2. The van der Waals surface area contributed by atoms with Crippen molar-refractivity contribution in [3.05, 3.63) is 101 Å². The summed E-state index contributed by atoms with van der Waals surface area (Å²) in [4.78, 5) is 15.6. The Labute approximate surface area is 223 Å². The summed E-state index contributed by atoms with van der Waals surface area (Å²) in [5, 5.41) is 4.88. The van der Waals surface area contributed by atoms with E-state index in [9.17, 15) is 4.79 Å². The smallest absolute Gasteiger partial charge is 0.340 e. The summed E-state index contributed by atoms with van der Waals surface area (Å²) in [5.41, 5.74) is 4.62. The first-order valence-corrected chi connectivity index (χ1v) is 13.6. The number of para-hydroxylation sites is 1. The van der Waals surface area contributed by atoms with E-state index in [1.807, 2.05) is 66.2 Å². The van der Waals surface area contributed by atoms with Gasteiger partial charge in [-0.3, -0.25) is 0 Å². The van der Waals surface area contributed by atoms with Crippen LogP contribution in [-0.2, 0) is 10.3 Å². The number of hydrogen-bond donors (Lipinski definition) is 0. The van der Waals surface area contributed by atoms with E-state index in [1.165, 1.54) is 19.3 Å². The Kier molecular flexibility index (Phi) is 6.18. The van der Waals surface area contributed by atoms with Gasteiger partial charge in [-0.05, 0) is 50.6 Å². The van der Waals surface area contributed by atoms with Gasteiger partial charge >= 0.3 is 5.97 Å². The van der Waals surface area contributed by atoms with Crippen LogP contribution in [0.1, 0.15) is 72.3 Å². The van der Waals surface area contributed by atoms with Crippen LogP contribution in [0.2, 0.25) is 0 Å². The number of esters is 1. The van der Waals surface area contributed by atoms with Gasteiger partial charge in [0.1, 0.15) is 5.75 Å². The van der Waals surface area contributed by atoms with Crippen molar-refractivity contribution in [2.75, 3.05) is 18.0 Å². The van der Waals surface area contributed by atoms with E-state index in [2.05, 4.69) is 36.9 Å². The minimum atomic E-state index is -1.12. The van der Waals surface area contributed by atoms with Crippen molar-refractivity contribution in [2.45, 2.75) is 52.1 Å². The average molecular weight is 508 g/mol. The SMILES string of the molecule is CCCCCCN(CC)c1ccc2c(c1)Oc1c(c(C)nn1-c1ccccc1)C21OC(=O)c2ccccc21. The molecule has 38 heavy (non-hydrogen) atoms. The topological polar surface area (TPSA) is 56.6 Å². The number of anilines is 1. The molecule has 0 radical (unpaired) electrons. The molecule has 2 aliphatic rings. The van der Waals surface area contributed by atoms with E-state index in [1.54, 1.807) is 0 Å². The molecule has 0 aliphatic carbocycles. The Morgan fingerprint density at radius 2 is 1.71 bits per heavy atom. The molecule has 1 unspecified atom stereocenters. The third-order valence-electron chi connectivity index (χ3n) is 7.72. The third-order valence-corrected chi connectivity index (χ3v) is 7.72. The molecule has 4 aromatic rings. The standard InChI is InChI=1S/C32H33N3O3/c1-4-6-7-13-20-34(5-2)24-18-19-27-28(21-24)37-30-29(22(3)33-35(30)23-14-9-8-10-15-23)32(27)26-17-12-11-16-25(26)31(36)38-32/h8-12,14-19,21H,4-7,13,20H2,1-3H3. The molecule has 1 atom stereocenters. The third kappa shape index (κ3) is 3.70. The number of carbonyl (C=O) groups excluding carboxylic acids is 1. The molecule has 1 spiro atoms. The van der Waals surface area contributed by atoms with E-state index in [0.717, 1.165) is 53.3 Å². The molecule has 0 saturated carbocycles. The van der Waals surface area contributed by atoms with Crippen LogP contribution in [0.3, 0.4) is 0 Å². The highest BCUT2D eigenvalue weighted by Gasteiger charge is 2.56. The molecule has 3 heterocycles.